The number of furan rings is 1. The van der Waals surface area contributed by atoms with Gasteiger partial charge in [-0.3, -0.25) is 0 Å². The number of hydrogen-bond acceptors (Lipinski definition) is 3. The molecule has 0 unspecified atom stereocenters. The Morgan fingerprint density at radius 1 is 1.07 bits per heavy atom. The van der Waals surface area contributed by atoms with Crippen molar-refractivity contribution >= 4 is 0 Å². The molecule has 0 aliphatic carbocycles. The second-order valence-electron chi connectivity index (χ2n) is 3.44. The molecule has 1 aromatic carbocycles. The Morgan fingerprint density at radius 2 is 1.93 bits per heavy atom. The molecule has 0 fully saturated rings. The summed E-state index contributed by atoms with van der Waals surface area (Å²) in [4.78, 5) is 0. The first-order valence-electron chi connectivity index (χ1n) is 4.77. The van der Waals surface area contributed by atoms with Gasteiger partial charge in [-0.25, -0.2) is 0 Å². The van der Waals surface area contributed by atoms with Gasteiger partial charge in [0.1, 0.15) is 11.5 Å². The first kappa shape index (κ1) is 9.65. The monoisotopic (exact) mass is 204 g/mol. The average molecular weight is 204 g/mol. The Hall–Kier alpha value is -1.90. The first-order chi connectivity index (χ1) is 7.25. The topological polar surface area (TPSA) is 53.6 Å². The van der Waals surface area contributed by atoms with Gasteiger partial charge in [0.2, 0.25) is 0 Å². The predicted octanol–water partition coefficient (Wildman–Crippen LogP) is 2.48. The molecule has 0 atom stereocenters. The average Bonchev–Trinajstić information content (AvgIpc) is 2.69. The number of phenols is 2. The summed E-state index contributed by atoms with van der Waals surface area (Å²) in [6.45, 7) is 0. The van der Waals surface area contributed by atoms with Crippen LogP contribution in [0.25, 0.3) is 0 Å². The fraction of sp³-hybridized carbons (Fsp3) is 0.167. The van der Waals surface area contributed by atoms with E-state index in [2.05, 4.69) is 0 Å². The van der Waals surface area contributed by atoms with Gasteiger partial charge >= 0.3 is 0 Å². The molecule has 0 saturated carbocycles. The van der Waals surface area contributed by atoms with Crippen LogP contribution in [-0.4, -0.2) is 10.2 Å². The minimum Gasteiger partial charge on any atom is -0.508 e. The molecular formula is C12H12O3. The van der Waals surface area contributed by atoms with Crippen molar-refractivity contribution in [1.29, 1.82) is 0 Å². The maximum Gasteiger partial charge on any atom is 0.122 e. The normalized spacial score (nSPS) is 10.4. The van der Waals surface area contributed by atoms with Crippen LogP contribution in [0.5, 0.6) is 11.5 Å². The van der Waals surface area contributed by atoms with Crippen molar-refractivity contribution in [1.82, 2.24) is 0 Å². The van der Waals surface area contributed by atoms with Crippen molar-refractivity contribution in [2.45, 2.75) is 12.8 Å². The maximum atomic E-state index is 9.54. The van der Waals surface area contributed by atoms with Crippen molar-refractivity contribution in [3.05, 3.63) is 47.9 Å². The van der Waals surface area contributed by atoms with E-state index in [1.54, 1.807) is 24.7 Å². The zero-order chi connectivity index (χ0) is 10.7. The Kier molecular flexibility index (Phi) is 2.63. The van der Waals surface area contributed by atoms with E-state index in [9.17, 15) is 5.11 Å². The summed E-state index contributed by atoms with van der Waals surface area (Å²) in [5.41, 5.74) is 1.93. The highest BCUT2D eigenvalue weighted by Crippen LogP contribution is 2.23. The molecule has 0 spiro atoms. The maximum absolute atomic E-state index is 9.54. The highest BCUT2D eigenvalue weighted by Gasteiger charge is 2.03. The highest BCUT2D eigenvalue weighted by molar-refractivity contribution is 5.39. The van der Waals surface area contributed by atoms with Gasteiger partial charge in [0.05, 0.1) is 12.5 Å². The zero-order valence-corrected chi connectivity index (χ0v) is 8.18. The van der Waals surface area contributed by atoms with Gasteiger partial charge in [-0.1, -0.05) is 6.07 Å². The summed E-state index contributed by atoms with van der Waals surface area (Å²) in [7, 11) is 0. The van der Waals surface area contributed by atoms with E-state index in [1.165, 1.54) is 6.07 Å². The Bertz CT molecular complexity index is 432. The number of aromatic hydroxyl groups is 2. The van der Waals surface area contributed by atoms with Crippen molar-refractivity contribution in [2.75, 3.05) is 0 Å². The van der Waals surface area contributed by atoms with Crippen LogP contribution in [0, 0.1) is 0 Å². The summed E-state index contributed by atoms with van der Waals surface area (Å²) in [6, 6.07) is 6.55. The summed E-state index contributed by atoms with van der Waals surface area (Å²) < 4.78 is 4.95. The lowest BCUT2D eigenvalue weighted by Gasteiger charge is -2.03. The van der Waals surface area contributed by atoms with E-state index in [0.29, 0.717) is 0 Å². The van der Waals surface area contributed by atoms with Crippen LogP contribution >= 0.6 is 0 Å². The second-order valence-corrected chi connectivity index (χ2v) is 3.44. The fourth-order valence-corrected chi connectivity index (χ4v) is 1.48. The van der Waals surface area contributed by atoms with Crippen molar-refractivity contribution in [3.63, 3.8) is 0 Å². The second kappa shape index (κ2) is 4.09. The van der Waals surface area contributed by atoms with Crippen molar-refractivity contribution in [2.24, 2.45) is 0 Å². The molecule has 0 amide bonds. The Balaban J connectivity index is 2.05. The number of phenolic OH excluding ortho intramolecular Hbond substituents is 2. The van der Waals surface area contributed by atoms with E-state index in [-0.39, 0.29) is 11.5 Å². The first-order valence-corrected chi connectivity index (χ1v) is 4.77. The summed E-state index contributed by atoms with van der Waals surface area (Å²) in [5.74, 6) is 0.220. The minimum atomic E-state index is 0.0829. The molecule has 2 N–H and O–H groups in total. The van der Waals surface area contributed by atoms with Gasteiger partial charge < -0.3 is 14.6 Å². The van der Waals surface area contributed by atoms with Crippen molar-refractivity contribution in [3.8, 4) is 11.5 Å². The third-order valence-electron chi connectivity index (χ3n) is 2.33. The lowest BCUT2D eigenvalue weighted by Crippen LogP contribution is -1.89. The zero-order valence-electron chi connectivity index (χ0n) is 8.18. The molecule has 0 bridgehead atoms. The van der Waals surface area contributed by atoms with E-state index in [4.69, 9.17) is 9.52 Å². The molecule has 3 nitrogen and oxygen atoms in total. The number of hydrogen-bond donors (Lipinski definition) is 2. The third-order valence-corrected chi connectivity index (χ3v) is 2.33. The quantitative estimate of drug-likeness (QED) is 0.807. The standard InChI is InChI=1S/C12H12O3/c13-11-4-3-10(12(14)7-11)2-1-9-5-6-15-8-9/h3-8,13-14H,1-2H2. The van der Waals surface area contributed by atoms with Crippen LogP contribution < -0.4 is 0 Å². The summed E-state index contributed by atoms with van der Waals surface area (Å²) in [6.07, 6.45) is 4.87. The molecule has 78 valence electrons. The minimum absolute atomic E-state index is 0.0829. The smallest absolute Gasteiger partial charge is 0.122 e. The largest absolute Gasteiger partial charge is 0.508 e. The molecule has 1 aromatic heterocycles. The Morgan fingerprint density at radius 3 is 2.60 bits per heavy atom. The predicted molar refractivity (Wildman–Crippen MR) is 55.9 cm³/mol. The molecule has 2 aromatic rings. The SMILES string of the molecule is Oc1ccc(CCc2ccoc2)c(O)c1. The fourth-order valence-electron chi connectivity index (χ4n) is 1.48. The molecule has 15 heavy (non-hydrogen) atoms. The summed E-state index contributed by atoms with van der Waals surface area (Å²) in [5, 5.41) is 18.7. The molecule has 0 radical (unpaired) electrons. The number of aryl methyl sites for hydroxylation is 2. The Labute approximate surface area is 87.6 Å². The molecule has 0 aliphatic heterocycles. The van der Waals surface area contributed by atoms with Gasteiger partial charge in [-0.05, 0) is 36.1 Å². The van der Waals surface area contributed by atoms with Crippen molar-refractivity contribution < 1.29 is 14.6 Å². The van der Waals surface area contributed by atoms with Gasteiger partial charge in [0.15, 0.2) is 0 Å². The molecule has 1 heterocycles. The third kappa shape index (κ3) is 2.31. The highest BCUT2D eigenvalue weighted by atomic mass is 16.3. The molecule has 3 heteroatoms. The molecule has 0 saturated heterocycles. The van der Waals surface area contributed by atoms with Crippen LogP contribution in [0.15, 0.2) is 41.2 Å². The van der Waals surface area contributed by atoms with Crippen LogP contribution in [0.3, 0.4) is 0 Å². The van der Waals surface area contributed by atoms with Crippen LogP contribution in [-0.2, 0) is 12.8 Å². The van der Waals surface area contributed by atoms with Crippen LogP contribution in [0.2, 0.25) is 0 Å². The summed E-state index contributed by atoms with van der Waals surface area (Å²) >= 11 is 0. The number of benzene rings is 1. The molecule has 0 aliphatic rings. The van der Waals surface area contributed by atoms with Gasteiger partial charge in [-0.2, -0.15) is 0 Å². The van der Waals surface area contributed by atoms with E-state index in [1.807, 2.05) is 6.07 Å². The van der Waals surface area contributed by atoms with Gasteiger partial charge in [-0.15, -0.1) is 0 Å². The van der Waals surface area contributed by atoms with E-state index >= 15 is 0 Å². The lowest BCUT2D eigenvalue weighted by molar-refractivity contribution is 0.446. The molecular weight excluding hydrogens is 192 g/mol. The van der Waals surface area contributed by atoms with E-state index < -0.39 is 0 Å². The van der Waals surface area contributed by atoms with Gasteiger partial charge in [0.25, 0.3) is 0 Å². The lowest BCUT2D eigenvalue weighted by atomic mass is 10.1. The van der Waals surface area contributed by atoms with Crippen LogP contribution in [0.4, 0.5) is 0 Å². The van der Waals surface area contributed by atoms with Gasteiger partial charge in [0, 0.05) is 6.07 Å². The van der Waals surface area contributed by atoms with Crippen LogP contribution in [0.1, 0.15) is 11.1 Å². The number of rotatable bonds is 3. The van der Waals surface area contributed by atoms with E-state index in [0.717, 1.165) is 24.0 Å². The molecule has 2 rings (SSSR count).